The van der Waals surface area contributed by atoms with E-state index in [0.717, 1.165) is 0 Å². The number of hydrogen-bond acceptors (Lipinski definition) is 3. The summed E-state index contributed by atoms with van der Waals surface area (Å²) in [6, 6.07) is -0.530. The van der Waals surface area contributed by atoms with Crippen molar-refractivity contribution >= 4 is 17.9 Å². The van der Waals surface area contributed by atoms with Gasteiger partial charge in [-0.3, -0.25) is 9.59 Å². The third-order valence-electron chi connectivity index (χ3n) is 3.21. The lowest BCUT2D eigenvalue weighted by Crippen LogP contribution is -2.49. The fourth-order valence-corrected chi connectivity index (χ4v) is 2.34. The van der Waals surface area contributed by atoms with Gasteiger partial charge in [-0.25, -0.2) is 4.79 Å². The number of carboxylic acids is 1. The van der Waals surface area contributed by atoms with E-state index in [4.69, 9.17) is 10.8 Å². The first-order valence-corrected chi connectivity index (χ1v) is 6.50. The van der Waals surface area contributed by atoms with Crippen molar-refractivity contribution in [1.82, 2.24) is 9.80 Å². The maximum Gasteiger partial charge on any atom is 0.323 e. The van der Waals surface area contributed by atoms with E-state index >= 15 is 0 Å². The fraction of sp³-hybridized carbons (Fsp3) is 0.750. The number of carbonyl (C=O) groups is 3. The Kier molecular flexibility index (Phi) is 5.59. The van der Waals surface area contributed by atoms with Crippen molar-refractivity contribution in [3.05, 3.63) is 0 Å². The minimum Gasteiger partial charge on any atom is -0.480 e. The molecule has 1 fully saturated rings. The Bertz CT molecular complexity index is 359. The maximum absolute atomic E-state index is 12.3. The molecule has 1 saturated heterocycles. The Labute approximate surface area is 112 Å². The van der Waals surface area contributed by atoms with E-state index in [-0.39, 0.29) is 24.9 Å². The van der Waals surface area contributed by atoms with Gasteiger partial charge >= 0.3 is 12.0 Å². The normalized spacial score (nSPS) is 19.0. The highest BCUT2D eigenvalue weighted by atomic mass is 16.4. The van der Waals surface area contributed by atoms with Crippen LogP contribution >= 0.6 is 0 Å². The molecule has 1 rings (SSSR count). The Hall–Kier alpha value is -1.79. The summed E-state index contributed by atoms with van der Waals surface area (Å²) in [5.41, 5.74) is 5.21. The number of piperidine rings is 1. The maximum atomic E-state index is 12.3. The van der Waals surface area contributed by atoms with Crippen molar-refractivity contribution in [2.75, 3.05) is 26.2 Å². The SMILES string of the molecule is CCCN(CC(=O)O)C(=O)[C@H]1CCCN(C(N)=O)C1. The Balaban J connectivity index is 2.67. The van der Waals surface area contributed by atoms with Crippen LogP contribution in [0.25, 0.3) is 0 Å². The number of amides is 3. The second kappa shape index (κ2) is 6.96. The lowest BCUT2D eigenvalue weighted by Gasteiger charge is -2.33. The second-order valence-electron chi connectivity index (χ2n) is 4.78. The molecular formula is C12H21N3O4. The first-order valence-electron chi connectivity index (χ1n) is 6.50. The quantitative estimate of drug-likeness (QED) is 0.740. The number of rotatable bonds is 5. The van der Waals surface area contributed by atoms with Crippen LogP contribution in [0, 0.1) is 5.92 Å². The molecule has 0 saturated carbocycles. The molecule has 1 atom stereocenters. The zero-order valence-electron chi connectivity index (χ0n) is 11.2. The molecule has 0 aromatic rings. The van der Waals surface area contributed by atoms with Gasteiger partial charge in [0.25, 0.3) is 0 Å². The van der Waals surface area contributed by atoms with E-state index in [0.29, 0.717) is 32.4 Å². The van der Waals surface area contributed by atoms with Crippen LogP contribution in [0.5, 0.6) is 0 Å². The van der Waals surface area contributed by atoms with Crippen molar-refractivity contribution < 1.29 is 19.5 Å². The van der Waals surface area contributed by atoms with Gasteiger partial charge in [0.05, 0.1) is 5.92 Å². The molecule has 108 valence electrons. The molecule has 3 amide bonds. The summed E-state index contributed by atoms with van der Waals surface area (Å²) in [5, 5.41) is 8.82. The summed E-state index contributed by atoms with van der Waals surface area (Å²) in [6.07, 6.45) is 2.08. The number of nitrogens with two attached hydrogens (primary N) is 1. The summed E-state index contributed by atoms with van der Waals surface area (Å²) in [6.45, 7) is 2.86. The number of carboxylic acid groups (broad SMARTS) is 1. The molecule has 0 radical (unpaired) electrons. The molecule has 1 aliphatic rings. The molecule has 0 bridgehead atoms. The third-order valence-corrected chi connectivity index (χ3v) is 3.21. The summed E-state index contributed by atoms with van der Waals surface area (Å²) in [5.74, 6) is -1.56. The molecule has 7 heteroatoms. The average Bonchev–Trinajstić information content (AvgIpc) is 2.37. The summed E-state index contributed by atoms with van der Waals surface area (Å²) >= 11 is 0. The van der Waals surface area contributed by atoms with E-state index in [2.05, 4.69) is 0 Å². The lowest BCUT2D eigenvalue weighted by molar-refractivity contribution is -0.147. The highest BCUT2D eigenvalue weighted by Gasteiger charge is 2.30. The molecule has 0 spiro atoms. The number of likely N-dealkylation sites (tertiary alicyclic amines) is 1. The van der Waals surface area contributed by atoms with E-state index in [1.165, 1.54) is 9.80 Å². The Morgan fingerprint density at radius 2 is 2.11 bits per heavy atom. The van der Waals surface area contributed by atoms with Crippen LogP contribution < -0.4 is 5.73 Å². The van der Waals surface area contributed by atoms with Crippen molar-refractivity contribution in [2.24, 2.45) is 11.7 Å². The van der Waals surface area contributed by atoms with Crippen LogP contribution in [0.2, 0.25) is 0 Å². The molecule has 0 aromatic heterocycles. The van der Waals surface area contributed by atoms with Crippen LogP contribution in [0.3, 0.4) is 0 Å². The zero-order chi connectivity index (χ0) is 14.4. The van der Waals surface area contributed by atoms with Gasteiger partial charge in [-0.05, 0) is 19.3 Å². The van der Waals surface area contributed by atoms with Crippen molar-refractivity contribution in [3.8, 4) is 0 Å². The first-order chi connectivity index (χ1) is 8.95. The molecule has 0 aromatic carbocycles. The highest BCUT2D eigenvalue weighted by Crippen LogP contribution is 2.18. The number of carbonyl (C=O) groups excluding carboxylic acids is 2. The molecule has 0 unspecified atom stereocenters. The van der Waals surface area contributed by atoms with Gasteiger partial charge in [-0.2, -0.15) is 0 Å². The minimum atomic E-state index is -1.02. The third kappa shape index (κ3) is 4.42. The van der Waals surface area contributed by atoms with Crippen LogP contribution in [0.15, 0.2) is 0 Å². The smallest absolute Gasteiger partial charge is 0.323 e. The van der Waals surface area contributed by atoms with Crippen molar-refractivity contribution in [2.45, 2.75) is 26.2 Å². The van der Waals surface area contributed by atoms with E-state index in [1.54, 1.807) is 0 Å². The monoisotopic (exact) mass is 271 g/mol. The molecule has 1 aliphatic heterocycles. The van der Waals surface area contributed by atoms with E-state index in [1.807, 2.05) is 6.92 Å². The van der Waals surface area contributed by atoms with Crippen molar-refractivity contribution in [3.63, 3.8) is 0 Å². The summed E-state index contributed by atoms with van der Waals surface area (Å²) < 4.78 is 0. The Morgan fingerprint density at radius 3 is 2.63 bits per heavy atom. The molecule has 7 nitrogen and oxygen atoms in total. The number of aliphatic carboxylic acids is 1. The zero-order valence-corrected chi connectivity index (χ0v) is 11.2. The Morgan fingerprint density at radius 1 is 1.42 bits per heavy atom. The molecule has 3 N–H and O–H groups in total. The predicted molar refractivity (Wildman–Crippen MR) is 68.4 cm³/mol. The van der Waals surface area contributed by atoms with Gasteiger partial charge in [0.2, 0.25) is 5.91 Å². The van der Waals surface area contributed by atoms with Crippen LogP contribution in [-0.4, -0.2) is 59.0 Å². The molecular weight excluding hydrogens is 250 g/mol. The topological polar surface area (TPSA) is 104 Å². The van der Waals surface area contributed by atoms with Crippen LogP contribution in [-0.2, 0) is 9.59 Å². The van der Waals surface area contributed by atoms with Crippen molar-refractivity contribution in [1.29, 1.82) is 0 Å². The van der Waals surface area contributed by atoms with Gasteiger partial charge < -0.3 is 20.6 Å². The van der Waals surface area contributed by atoms with Gasteiger partial charge in [-0.15, -0.1) is 0 Å². The minimum absolute atomic E-state index is 0.199. The number of primary amides is 1. The average molecular weight is 271 g/mol. The number of hydrogen-bond donors (Lipinski definition) is 2. The van der Waals surface area contributed by atoms with E-state index < -0.39 is 12.0 Å². The summed E-state index contributed by atoms with van der Waals surface area (Å²) in [7, 11) is 0. The fourth-order valence-electron chi connectivity index (χ4n) is 2.34. The summed E-state index contributed by atoms with van der Waals surface area (Å²) in [4.78, 5) is 37.0. The molecule has 19 heavy (non-hydrogen) atoms. The van der Waals surface area contributed by atoms with Gasteiger partial charge in [0.1, 0.15) is 6.54 Å². The van der Waals surface area contributed by atoms with Gasteiger partial charge in [-0.1, -0.05) is 6.92 Å². The largest absolute Gasteiger partial charge is 0.480 e. The first kappa shape index (κ1) is 15.3. The van der Waals surface area contributed by atoms with Crippen LogP contribution in [0.4, 0.5) is 4.79 Å². The standard InChI is InChI=1S/C12H21N3O4/c1-2-5-14(8-10(16)17)11(18)9-4-3-6-15(7-9)12(13)19/h9H,2-8H2,1H3,(H2,13,19)(H,16,17)/t9-/m0/s1. The number of urea groups is 1. The van der Waals surface area contributed by atoms with Gasteiger partial charge in [0, 0.05) is 19.6 Å². The highest BCUT2D eigenvalue weighted by molar-refractivity contribution is 5.84. The molecule has 0 aliphatic carbocycles. The van der Waals surface area contributed by atoms with Crippen LogP contribution in [0.1, 0.15) is 26.2 Å². The lowest BCUT2D eigenvalue weighted by atomic mass is 9.96. The number of nitrogens with zero attached hydrogens (tertiary/aromatic N) is 2. The predicted octanol–water partition coefficient (Wildman–Crippen LogP) is 0.100. The second-order valence-corrected chi connectivity index (χ2v) is 4.78. The molecule has 1 heterocycles. The van der Waals surface area contributed by atoms with E-state index in [9.17, 15) is 14.4 Å². The van der Waals surface area contributed by atoms with Gasteiger partial charge in [0.15, 0.2) is 0 Å².